The Morgan fingerprint density at radius 3 is 1.72 bits per heavy atom. The van der Waals surface area contributed by atoms with E-state index >= 15 is 0 Å². The van der Waals surface area contributed by atoms with E-state index in [4.69, 9.17) is 11.6 Å². The molecule has 4 rings (SSSR count). The third kappa shape index (κ3) is 5.96. The first-order valence-electron chi connectivity index (χ1n) is 12.5. The Hall–Kier alpha value is -4.17. The topological polar surface area (TPSA) is 141 Å². The van der Waals surface area contributed by atoms with Gasteiger partial charge < -0.3 is 20.6 Å². The Labute approximate surface area is 230 Å². The Kier molecular flexibility index (Phi) is 8.35. The van der Waals surface area contributed by atoms with Gasteiger partial charge in [0.25, 0.3) is 0 Å². The Balaban J connectivity index is 1.61. The molecule has 1 amide bonds. The third-order valence-corrected chi connectivity index (χ3v) is 7.75. The van der Waals surface area contributed by atoms with Crippen LogP contribution in [0.1, 0.15) is 24.0 Å². The van der Waals surface area contributed by atoms with Crippen LogP contribution in [0.4, 0.5) is 0 Å². The third-order valence-electron chi connectivity index (χ3n) is 7.49. The van der Waals surface area contributed by atoms with E-state index in [0.29, 0.717) is 11.4 Å². The van der Waals surface area contributed by atoms with Crippen molar-refractivity contribution in [3.63, 3.8) is 0 Å². The zero-order valence-corrected chi connectivity index (χ0v) is 21.8. The molecule has 4 N–H and O–H groups in total. The number of carboxylic acid groups (broad SMARTS) is 3. The average Bonchev–Trinajstić information content (AvgIpc) is 2.87. The molecule has 1 fully saturated rings. The quantitative estimate of drug-likeness (QED) is 0.290. The van der Waals surface area contributed by atoms with Crippen LogP contribution in [-0.2, 0) is 25.6 Å². The molecule has 8 nitrogen and oxygen atoms in total. The number of halogens is 1. The van der Waals surface area contributed by atoms with Gasteiger partial charge in [-0.05, 0) is 47.7 Å². The standard InChI is InChI=1S/C30H28ClNO7/c1-16(32-27(33)23-24(28(34)35)26(30(38)39)25(23)29(36)37)22(15-17-7-13-21(31)14-8-17)20-11-9-19(10-12-20)18-5-3-2-4-6-18/h2-14,16,22-26H,15H2,1H3,(H,32,33)(H,34,35)(H,36,37)(H,38,39)/t16-,22+,23?,24-,25-,26?/m0/s1. The predicted octanol–water partition coefficient (Wildman–Crippen LogP) is 4.57. The van der Waals surface area contributed by atoms with Crippen molar-refractivity contribution in [2.24, 2.45) is 23.7 Å². The first-order valence-corrected chi connectivity index (χ1v) is 12.8. The lowest BCUT2D eigenvalue weighted by molar-refractivity contribution is -0.187. The molecule has 0 unspecified atom stereocenters. The molecular formula is C30H28ClNO7. The number of hydrogen-bond donors (Lipinski definition) is 4. The van der Waals surface area contributed by atoms with Gasteiger partial charge in [0.15, 0.2) is 0 Å². The molecule has 0 saturated heterocycles. The zero-order chi connectivity index (χ0) is 28.3. The van der Waals surface area contributed by atoms with Gasteiger partial charge in [-0.3, -0.25) is 19.2 Å². The molecule has 1 saturated carbocycles. The maximum atomic E-state index is 13.3. The first-order chi connectivity index (χ1) is 18.6. The zero-order valence-electron chi connectivity index (χ0n) is 21.0. The fourth-order valence-electron chi connectivity index (χ4n) is 5.43. The van der Waals surface area contributed by atoms with Crippen molar-refractivity contribution in [3.05, 3.63) is 95.0 Å². The molecule has 0 aromatic heterocycles. The number of carboxylic acids is 3. The molecule has 3 aromatic carbocycles. The van der Waals surface area contributed by atoms with Crippen LogP contribution in [-0.4, -0.2) is 45.2 Å². The molecule has 0 heterocycles. The van der Waals surface area contributed by atoms with Gasteiger partial charge in [-0.2, -0.15) is 0 Å². The molecule has 9 heteroatoms. The lowest BCUT2D eigenvalue weighted by atomic mass is 9.56. The van der Waals surface area contributed by atoms with Crippen molar-refractivity contribution in [2.45, 2.75) is 25.3 Å². The van der Waals surface area contributed by atoms with Gasteiger partial charge in [-0.15, -0.1) is 0 Å². The summed E-state index contributed by atoms with van der Waals surface area (Å²) in [4.78, 5) is 48.4. The summed E-state index contributed by atoms with van der Waals surface area (Å²) in [5.74, 6) is -12.1. The fourth-order valence-corrected chi connectivity index (χ4v) is 5.55. The summed E-state index contributed by atoms with van der Waals surface area (Å²) < 4.78 is 0. The fraction of sp³-hybridized carbons (Fsp3) is 0.267. The van der Waals surface area contributed by atoms with Gasteiger partial charge in [0.05, 0.1) is 23.7 Å². The van der Waals surface area contributed by atoms with Gasteiger partial charge >= 0.3 is 17.9 Å². The summed E-state index contributed by atoms with van der Waals surface area (Å²) >= 11 is 6.05. The predicted molar refractivity (Wildman–Crippen MR) is 144 cm³/mol. The SMILES string of the molecule is C[C@H](NC(=O)C1[C@H](C(=O)O)C(C(=O)O)[C@H]1C(=O)O)[C@@H](Cc1ccc(Cl)cc1)c1ccc(-c2ccccc2)cc1. The second-order valence-corrected chi connectivity index (χ2v) is 10.3. The van der Waals surface area contributed by atoms with E-state index in [1.54, 1.807) is 19.1 Å². The minimum atomic E-state index is -1.68. The lowest BCUT2D eigenvalue weighted by Gasteiger charge is -2.44. The van der Waals surface area contributed by atoms with Crippen molar-refractivity contribution < 1.29 is 34.5 Å². The number of carbonyl (C=O) groups is 4. The second kappa shape index (κ2) is 11.7. The normalized spacial score (nSPS) is 21.7. The Morgan fingerprint density at radius 1 is 0.718 bits per heavy atom. The molecular weight excluding hydrogens is 522 g/mol. The van der Waals surface area contributed by atoms with Gasteiger partial charge in [0.2, 0.25) is 5.91 Å². The largest absolute Gasteiger partial charge is 0.481 e. The van der Waals surface area contributed by atoms with E-state index in [9.17, 15) is 34.5 Å². The van der Waals surface area contributed by atoms with Crippen molar-refractivity contribution in [3.8, 4) is 11.1 Å². The summed E-state index contributed by atoms with van der Waals surface area (Å²) in [6.45, 7) is 1.77. The van der Waals surface area contributed by atoms with Crippen LogP contribution in [0.3, 0.4) is 0 Å². The number of hydrogen-bond acceptors (Lipinski definition) is 4. The molecule has 0 radical (unpaired) electrons. The van der Waals surface area contributed by atoms with Crippen LogP contribution < -0.4 is 5.32 Å². The lowest BCUT2D eigenvalue weighted by Crippen LogP contribution is -2.62. The van der Waals surface area contributed by atoms with Gasteiger partial charge in [0, 0.05) is 17.0 Å². The smallest absolute Gasteiger partial charge is 0.308 e. The molecule has 1 aliphatic carbocycles. The van der Waals surface area contributed by atoms with Crippen molar-refractivity contribution in [1.82, 2.24) is 5.32 Å². The number of benzene rings is 3. The second-order valence-electron chi connectivity index (χ2n) is 9.84. The van der Waals surface area contributed by atoms with Gasteiger partial charge in [-0.25, -0.2) is 0 Å². The molecule has 0 aliphatic heterocycles. The van der Waals surface area contributed by atoms with Crippen LogP contribution in [0.25, 0.3) is 11.1 Å². The number of carbonyl (C=O) groups excluding carboxylic acids is 1. The summed E-state index contributed by atoms with van der Waals surface area (Å²) in [7, 11) is 0. The Bertz CT molecular complexity index is 1340. The minimum absolute atomic E-state index is 0.262. The van der Waals surface area contributed by atoms with Crippen LogP contribution >= 0.6 is 11.6 Å². The number of rotatable bonds is 10. The Morgan fingerprint density at radius 2 is 1.21 bits per heavy atom. The van der Waals surface area contributed by atoms with Crippen molar-refractivity contribution >= 4 is 35.4 Å². The monoisotopic (exact) mass is 549 g/mol. The molecule has 39 heavy (non-hydrogen) atoms. The highest BCUT2D eigenvalue weighted by atomic mass is 35.5. The molecule has 0 bridgehead atoms. The average molecular weight is 550 g/mol. The van der Waals surface area contributed by atoms with E-state index in [0.717, 1.165) is 22.3 Å². The summed E-state index contributed by atoms with van der Waals surface area (Å²) in [5.41, 5.74) is 3.94. The highest BCUT2D eigenvalue weighted by molar-refractivity contribution is 6.30. The van der Waals surface area contributed by atoms with Crippen molar-refractivity contribution in [2.75, 3.05) is 0 Å². The van der Waals surface area contributed by atoms with Crippen LogP contribution in [0.5, 0.6) is 0 Å². The highest BCUT2D eigenvalue weighted by Gasteiger charge is 2.64. The van der Waals surface area contributed by atoms with E-state index in [-0.39, 0.29) is 5.92 Å². The molecule has 3 aromatic rings. The van der Waals surface area contributed by atoms with Crippen LogP contribution in [0, 0.1) is 23.7 Å². The molecule has 0 spiro atoms. The summed E-state index contributed by atoms with van der Waals surface area (Å²) in [5, 5.41) is 32.0. The van der Waals surface area contributed by atoms with E-state index in [1.807, 2.05) is 66.7 Å². The maximum absolute atomic E-state index is 13.3. The highest BCUT2D eigenvalue weighted by Crippen LogP contribution is 2.47. The van der Waals surface area contributed by atoms with Crippen molar-refractivity contribution in [1.29, 1.82) is 0 Å². The van der Waals surface area contributed by atoms with Crippen LogP contribution in [0.2, 0.25) is 5.02 Å². The number of aliphatic carboxylic acids is 3. The number of nitrogens with one attached hydrogen (secondary N) is 1. The molecule has 4 atom stereocenters. The first kappa shape index (κ1) is 27.9. The minimum Gasteiger partial charge on any atom is -0.481 e. The van der Waals surface area contributed by atoms with E-state index in [2.05, 4.69) is 5.32 Å². The molecule has 1 aliphatic rings. The van der Waals surface area contributed by atoms with E-state index in [1.165, 1.54) is 0 Å². The molecule has 202 valence electrons. The van der Waals surface area contributed by atoms with Gasteiger partial charge in [-0.1, -0.05) is 78.3 Å². The summed E-state index contributed by atoms with van der Waals surface area (Å²) in [6, 6.07) is 24.5. The summed E-state index contributed by atoms with van der Waals surface area (Å²) in [6.07, 6.45) is 0.510. The van der Waals surface area contributed by atoms with Gasteiger partial charge in [0.1, 0.15) is 0 Å². The van der Waals surface area contributed by atoms with E-state index < -0.39 is 53.5 Å². The van der Waals surface area contributed by atoms with Crippen LogP contribution in [0.15, 0.2) is 78.9 Å². The maximum Gasteiger partial charge on any atom is 0.308 e. The number of amides is 1.